The van der Waals surface area contributed by atoms with Gasteiger partial charge in [-0.1, -0.05) is 17.7 Å². The lowest BCUT2D eigenvalue weighted by Crippen LogP contribution is -2.23. The van der Waals surface area contributed by atoms with E-state index in [9.17, 15) is 8.42 Å². The Labute approximate surface area is 151 Å². The van der Waals surface area contributed by atoms with Crippen molar-refractivity contribution in [2.24, 2.45) is 10.8 Å². The molecule has 0 aliphatic rings. The number of hydrogen-bond donors (Lipinski definition) is 2. The van der Waals surface area contributed by atoms with Crippen molar-refractivity contribution < 1.29 is 17.3 Å². The van der Waals surface area contributed by atoms with Crippen molar-refractivity contribution >= 4 is 33.7 Å². The maximum atomic E-state index is 12.4. The lowest BCUT2D eigenvalue weighted by molar-refractivity contribution is 0.390. The molecule has 0 aromatic heterocycles. The number of nitrogens with zero attached hydrogens (tertiary/aromatic N) is 1. The standard InChI is InChI=1S/C16H17N3O4S2/c1-11-3-6-13(7-4-11)25(20,21)23-15-9-12(5-8-14(15)22-2)10-18-19-16(17)24/h3-10H,1-2H3,(H3,17,19,24)/b18-10-. The Balaban J connectivity index is 2.31. The van der Waals surface area contributed by atoms with E-state index in [1.54, 1.807) is 24.3 Å². The molecule has 0 atom stereocenters. The average molecular weight is 379 g/mol. The Morgan fingerprint density at radius 3 is 2.48 bits per heavy atom. The van der Waals surface area contributed by atoms with Gasteiger partial charge in [0, 0.05) is 0 Å². The van der Waals surface area contributed by atoms with Crippen LogP contribution in [0.15, 0.2) is 52.5 Å². The molecule has 0 saturated heterocycles. The summed E-state index contributed by atoms with van der Waals surface area (Å²) in [7, 11) is -2.57. The number of aryl methyl sites for hydroxylation is 1. The molecule has 9 heteroatoms. The third-order valence-corrected chi connectivity index (χ3v) is 4.42. The van der Waals surface area contributed by atoms with E-state index in [2.05, 4.69) is 22.7 Å². The summed E-state index contributed by atoms with van der Waals surface area (Å²) in [6.07, 6.45) is 1.42. The van der Waals surface area contributed by atoms with E-state index < -0.39 is 10.1 Å². The number of thiocarbonyl (C=S) groups is 1. The number of ether oxygens (including phenoxy) is 1. The zero-order valence-corrected chi connectivity index (χ0v) is 15.2. The van der Waals surface area contributed by atoms with Gasteiger partial charge in [0.05, 0.1) is 13.3 Å². The number of benzene rings is 2. The normalized spacial score (nSPS) is 11.3. The van der Waals surface area contributed by atoms with Gasteiger partial charge in [-0.15, -0.1) is 0 Å². The molecule has 25 heavy (non-hydrogen) atoms. The maximum absolute atomic E-state index is 12.4. The predicted octanol–water partition coefficient (Wildman–Crippen LogP) is 1.94. The quantitative estimate of drug-likeness (QED) is 0.342. The molecule has 3 N–H and O–H groups in total. The first-order chi connectivity index (χ1) is 11.8. The van der Waals surface area contributed by atoms with E-state index in [0.717, 1.165) is 5.56 Å². The smallest absolute Gasteiger partial charge is 0.339 e. The molecule has 7 nitrogen and oxygen atoms in total. The fourth-order valence-electron chi connectivity index (χ4n) is 1.88. The molecule has 0 spiro atoms. The molecular formula is C16H17N3O4S2. The van der Waals surface area contributed by atoms with E-state index >= 15 is 0 Å². The topological polar surface area (TPSA) is 103 Å². The summed E-state index contributed by atoms with van der Waals surface area (Å²) in [6.45, 7) is 1.87. The van der Waals surface area contributed by atoms with Crippen LogP contribution in [0.3, 0.4) is 0 Å². The van der Waals surface area contributed by atoms with Crippen molar-refractivity contribution in [3.05, 3.63) is 53.6 Å². The molecule has 0 bridgehead atoms. The number of hydrazone groups is 1. The van der Waals surface area contributed by atoms with E-state index in [1.807, 2.05) is 6.92 Å². The van der Waals surface area contributed by atoms with E-state index in [0.29, 0.717) is 5.56 Å². The molecule has 2 aromatic rings. The Kier molecular flexibility index (Phi) is 5.94. The monoisotopic (exact) mass is 379 g/mol. The van der Waals surface area contributed by atoms with Gasteiger partial charge in [0.25, 0.3) is 0 Å². The summed E-state index contributed by atoms with van der Waals surface area (Å²) >= 11 is 4.64. The predicted molar refractivity (Wildman–Crippen MR) is 99.5 cm³/mol. The number of methoxy groups -OCH3 is 1. The van der Waals surface area contributed by atoms with E-state index in [1.165, 1.54) is 31.5 Å². The second kappa shape index (κ2) is 7.95. The van der Waals surface area contributed by atoms with Gasteiger partial charge in [0.2, 0.25) is 0 Å². The molecule has 0 aliphatic carbocycles. The van der Waals surface area contributed by atoms with Crippen LogP contribution < -0.4 is 20.1 Å². The minimum atomic E-state index is -3.99. The van der Waals surface area contributed by atoms with E-state index in [4.69, 9.17) is 14.7 Å². The molecule has 2 aromatic carbocycles. The largest absolute Gasteiger partial charge is 0.493 e. The fraction of sp³-hybridized carbons (Fsp3) is 0.125. The third-order valence-electron chi connectivity index (χ3n) is 3.09. The van der Waals surface area contributed by atoms with Gasteiger partial charge in [-0.25, -0.2) is 0 Å². The lowest BCUT2D eigenvalue weighted by Gasteiger charge is -2.11. The molecule has 0 unspecified atom stereocenters. The minimum absolute atomic E-state index is 0.0168. The zero-order valence-electron chi connectivity index (χ0n) is 13.6. The Morgan fingerprint density at radius 1 is 1.20 bits per heavy atom. The highest BCUT2D eigenvalue weighted by Crippen LogP contribution is 2.30. The van der Waals surface area contributed by atoms with Crippen molar-refractivity contribution in [3.63, 3.8) is 0 Å². The summed E-state index contributed by atoms with van der Waals surface area (Å²) in [4.78, 5) is 0.0503. The van der Waals surface area contributed by atoms with Crippen LogP contribution >= 0.6 is 12.2 Å². The summed E-state index contributed by atoms with van der Waals surface area (Å²) in [6, 6.07) is 11.1. The Hall–Kier alpha value is -2.65. The third kappa shape index (κ3) is 5.16. The Morgan fingerprint density at radius 2 is 1.88 bits per heavy atom. The van der Waals surface area contributed by atoms with Crippen LogP contribution in [0, 0.1) is 6.92 Å². The molecule has 0 fully saturated rings. The minimum Gasteiger partial charge on any atom is -0.493 e. The molecule has 0 heterocycles. The fourth-order valence-corrected chi connectivity index (χ4v) is 2.87. The van der Waals surface area contributed by atoms with Gasteiger partial charge in [-0.2, -0.15) is 13.5 Å². The van der Waals surface area contributed by atoms with Crippen LogP contribution in [0.1, 0.15) is 11.1 Å². The van der Waals surface area contributed by atoms with Gasteiger partial charge in [-0.3, -0.25) is 5.43 Å². The summed E-state index contributed by atoms with van der Waals surface area (Å²) < 4.78 is 35.3. The molecule has 0 saturated carbocycles. The van der Waals surface area contributed by atoms with Crippen LogP contribution in [-0.2, 0) is 10.1 Å². The molecule has 0 aliphatic heterocycles. The van der Waals surface area contributed by atoms with Crippen molar-refractivity contribution in [1.29, 1.82) is 0 Å². The first-order valence-electron chi connectivity index (χ1n) is 7.09. The summed E-state index contributed by atoms with van der Waals surface area (Å²) in [5, 5.41) is 3.83. The van der Waals surface area contributed by atoms with Crippen molar-refractivity contribution in [2.75, 3.05) is 7.11 Å². The van der Waals surface area contributed by atoms with Crippen molar-refractivity contribution in [2.45, 2.75) is 11.8 Å². The highest BCUT2D eigenvalue weighted by molar-refractivity contribution is 7.87. The molecule has 132 valence electrons. The zero-order chi connectivity index (χ0) is 18.4. The molecular weight excluding hydrogens is 362 g/mol. The molecule has 0 radical (unpaired) electrons. The van der Waals surface area contributed by atoms with Crippen molar-refractivity contribution in [3.8, 4) is 11.5 Å². The van der Waals surface area contributed by atoms with Gasteiger partial charge < -0.3 is 14.7 Å². The summed E-state index contributed by atoms with van der Waals surface area (Å²) in [5.41, 5.74) is 9.20. The SMILES string of the molecule is COc1ccc(/C=N\NC(N)=S)cc1OS(=O)(=O)c1ccc(C)cc1. The number of hydrogen-bond acceptors (Lipinski definition) is 6. The first-order valence-corrected chi connectivity index (χ1v) is 8.91. The van der Waals surface area contributed by atoms with E-state index in [-0.39, 0.29) is 21.5 Å². The lowest BCUT2D eigenvalue weighted by atomic mass is 10.2. The van der Waals surface area contributed by atoms with Gasteiger partial charge in [-0.05, 0) is 55.0 Å². The van der Waals surface area contributed by atoms with Crippen LogP contribution in [0.2, 0.25) is 0 Å². The highest BCUT2D eigenvalue weighted by Gasteiger charge is 2.19. The van der Waals surface area contributed by atoms with Gasteiger partial charge in [0.15, 0.2) is 16.6 Å². The van der Waals surface area contributed by atoms with Crippen LogP contribution in [-0.4, -0.2) is 26.9 Å². The van der Waals surface area contributed by atoms with Gasteiger partial charge in [0.1, 0.15) is 4.90 Å². The molecule has 2 rings (SSSR count). The maximum Gasteiger partial charge on any atom is 0.339 e. The molecule has 0 amide bonds. The van der Waals surface area contributed by atoms with Crippen LogP contribution in [0.4, 0.5) is 0 Å². The van der Waals surface area contributed by atoms with Gasteiger partial charge >= 0.3 is 10.1 Å². The number of nitrogens with one attached hydrogen (secondary N) is 1. The van der Waals surface area contributed by atoms with Crippen LogP contribution in [0.5, 0.6) is 11.5 Å². The second-order valence-corrected chi connectivity index (χ2v) is 6.98. The van der Waals surface area contributed by atoms with Crippen molar-refractivity contribution in [1.82, 2.24) is 5.43 Å². The second-order valence-electron chi connectivity index (χ2n) is 5.00. The summed E-state index contributed by atoms with van der Waals surface area (Å²) in [5.74, 6) is 0.317. The van der Waals surface area contributed by atoms with Crippen LogP contribution in [0.25, 0.3) is 0 Å². The first kappa shape index (κ1) is 18.7. The Bertz CT molecular complexity index is 894. The number of nitrogens with two attached hydrogens (primary N) is 1. The average Bonchev–Trinajstić information content (AvgIpc) is 2.55. The highest BCUT2D eigenvalue weighted by atomic mass is 32.2. The number of rotatable bonds is 6.